The van der Waals surface area contributed by atoms with E-state index in [1.54, 1.807) is 19.1 Å². The highest BCUT2D eigenvalue weighted by atomic mass is 32.2. The number of piperidine rings is 1. The number of anilines is 1. The molecule has 0 spiro atoms. The second kappa shape index (κ2) is 10.9. The number of carbonyl (C=O) groups is 2. The number of ether oxygens (including phenoxy) is 2. The van der Waals surface area contributed by atoms with Gasteiger partial charge < -0.3 is 19.2 Å². The predicted molar refractivity (Wildman–Crippen MR) is 131 cm³/mol. The molecule has 0 atom stereocenters. The summed E-state index contributed by atoms with van der Waals surface area (Å²) in [6.07, 6.45) is 2.71. The van der Waals surface area contributed by atoms with E-state index < -0.39 is 40.7 Å². The lowest BCUT2D eigenvalue weighted by Gasteiger charge is -2.25. The maximum Gasteiger partial charge on any atom is 0.344 e. The molecule has 1 aromatic heterocycles. The van der Waals surface area contributed by atoms with Gasteiger partial charge in [-0.05, 0) is 61.7 Å². The Kier molecular flexibility index (Phi) is 7.70. The third kappa shape index (κ3) is 6.10. The topological polar surface area (TPSA) is 132 Å². The van der Waals surface area contributed by atoms with Crippen molar-refractivity contribution in [1.29, 1.82) is 0 Å². The van der Waals surface area contributed by atoms with E-state index in [0.29, 0.717) is 30.1 Å². The molecule has 1 N–H and O–H groups in total. The Morgan fingerprint density at radius 1 is 1.00 bits per heavy atom. The molecule has 2 heterocycles. The summed E-state index contributed by atoms with van der Waals surface area (Å²) in [7, 11) is -3.56. The SMILES string of the molecule is Cc1cc(=O)oc2cc(OCC(=O)OCC(=O)Nc3ccc(S(=O)(=O)N4CCCCC4)cc3)ccc12. The normalized spacial score (nSPS) is 14.4. The van der Waals surface area contributed by atoms with Crippen LogP contribution < -0.4 is 15.7 Å². The molecule has 0 aliphatic carbocycles. The largest absolute Gasteiger partial charge is 0.482 e. The van der Waals surface area contributed by atoms with E-state index in [1.165, 1.54) is 40.7 Å². The van der Waals surface area contributed by atoms with Crippen LogP contribution in [-0.4, -0.2) is 50.9 Å². The average Bonchev–Trinajstić information content (AvgIpc) is 2.86. The van der Waals surface area contributed by atoms with Crippen molar-refractivity contribution in [2.24, 2.45) is 0 Å². The number of nitrogens with zero attached hydrogens (tertiary/aromatic N) is 1. The minimum atomic E-state index is -3.56. The third-order valence-electron chi connectivity index (χ3n) is 5.73. The molecule has 11 heteroatoms. The lowest BCUT2D eigenvalue weighted by Crippen LogP contribution is -2.35. The molecule has 0 unspecified atom stereocenters. The van der Waals surface area contributed by atoms with Gasteiger partial charge in [-0.2, -0.15) is 4.31 Å². The Balaban J connectivity index is 1.25. The van der Waals surface area contributed by atoms with Crippen LogP contribution in [0, 0.1) is 6.92 Å². The van der Waals surface area contributed by atoms with E-state index >= 15 is 0 Å². The van der Waals surface area contributed by atoms with Gasteiger partial charge in [0.2, 0.25) is 10.0 Å². The number of rotatable bonds is 8. The number of amides is 1. The maximum atomic E-state index is 12.7. The molecular formula is C25H26N2O8S. The minimum absolute atomic E-state index is 0.161. The number of sulfonamides is 1. The smallest absolute Gasteiger partial charge is 0.344 e. The summed E-state index contributed by atoms with van der Waals surface area (Å²) in [5.74, 6) is -1.05. The van der Waals surface area contributed by atoms with E-state index in [1.807, 2.05) is 0 Å². The molecule has 190 valence electrons. The lowest BCUT2D eigenvalue weighted by atomic mass is 10.1. The van der Waals surface area contributed by atoms with E-state index in [2.05, 4.69) is 5.32 Å². The van der Waals surface area contributed by atoms with Gasteiger partial charge in [0.1, 0.15) is 11.3 Å². The van der Waals surface area contributed by atoms with Crippen LogP contribution in [0.5, 0.6) is 5.75 Å². The van der Waals surface area contributed by atoms with Crippen LogP contribution in [0.3, 0.4) is 0 Å². The first-order valence-corrected chi connectivity index (χ1v) is 12.9. The molecule has 1 amide bonds. The Hall–Kier alpha value is -3.70. The van der Waals surface area contributed by atoms with Crippen molar-refractivity contribution >= 4 is 38.6 Å². The Morgan fingerprint density at radius 2 is 1.72 bits per heavy atom. The van der Waals surface area contributed by atoms with Crippen molar-refractivity contribution in [3.8, 4) is 5.75 Å². The van der Waals surface area contributed by atoms with Crippen LogP contribution in [0.4, 0.5) is 5.69 Å². The van der Waals surface area contributed by atoms with Crippen LogP contribution in [0.2, 0.25) is 0 Å². The van der Waals surface area contributed by atoms with E-state index in [4.69, 9.17) is 13.9 Å². The highest BCUT2D eigenvalue weighted by molar-refractivity contribution is 7.89. The second-order valence-electron chi connectivity index (χ2n) is 8.39. The predicted octanol–water partition coefficient (Wildman–Crippen LogP) is 2.84. The van der Waals surface area contributed by atoms with Crippen LogP contribution in [-0.2, 0) is 24.3 Å². The summed E-state index contributed by atoms with van der Waals surface area (Å²) < 4.78 is 42.3. The summed E-state index contributed by atoms with van der Waals surface area (Å²) in [6, 6.07) is 12.1. The molecule has 0 bridgehead atoms. The molecular weight excluding hydrogens is 488 g/mol. The summed E-state index contributed by atoms with van der Waals surface area (Å²) in [6.45, 7) is 1.81. The van der Waals surface area contributed by atoms with Crippen molar-refractivity contribution in [2.75, 3.05) is 31.6 Å². The molecule has 2 aromatic carbocycles. The van der Waals surface area contributed by atoms with Gasteiger partial charge in [0.25, 0.3) is 5.91 Å². The van der Waals surface area contributed by atoms with Gasteiger partial charge in [-0.3, -0.25) is 4.79 Å². The molecule has 10 nitrogen and oxygen atoms in total. The highest BCUT2D eigenvalue weighted by Gasteiger charge is 2.25. The first-order valence-electron chi connectivity index (χ1n) is 11.5. The second-order valence-corrected chi connectivity index (χ2v) is 10.3. The van der Waals surface area contributed by atoms with Crippen molar-refractivity contribution in [1.82, 2.24) is 4.31 Å². The molecule has 1 saturated heterocycles. The van der Waals surface area contributed by atoms with Gasteiger partial charge in [0, 0.05) is 36.3 Å². The van der Waals surface area contributed by atoms with Crippen LogP contribution >= 0.6 is 0 Å². The standard InChI is InChI=1S/C25H26N2O8S/c1-17-13-24(29)35-22-14-19(7-10-21(17)22)33-16-25(30)34-15-23(28)26-18-5-8-20(9-6-18)36(31,32)27-11-3-2-4-12-27/h5-10,13-14H,2-4,11-12,15-16H2,1H3,(H,26,28). The molecule has 0 radical (unpaired) electrons. The van der Waals surface area contributed by atoms with E-state index in [-0.39, 0.29) is 4.90 Å². The maximum absolute atomic E-state index is 12.7. The summed E-state index contributed by atoms with van der Waals surface area (Å²) in [4.78, 5) is 35.8. The van der Waals surface area contributed by atoms with Gasteiger partial charge in [0.05, 0.1) is 4.90 Å². The monoisotopic (exact) mass is 514 g/mol. The van der Waals surface area contributed by atoms with Crippen molar-refractivity contribution in [3.63, 3.8) is 0 Å². The Bertz CT molecular complexity index is 1420. The molecule has 1 aliphatic rings. The fraction of sp³-hybridized carbons (Fsp3) is 0.320. The third-order valence-corrected chi connectivity index (χ3v) is 7.65. The molecule has 1 aliphatic heterocycles. The molecule has 3 aromatic rings. The number of nitrogens with one attached hydrogen (secondary N) is 1. The van der Waals surface area contributed by atoms with Gasteiger partial charge in [-0.15, -0.1) is 0 Å². The fourth-order valence-corrected chi connectivity index (χ4v) is 5.40. The van der Waals surface area contributed by atoms with Crippen molar-refractivity contribution in [2.45, 2.75) is 31.1 Å². The molecule has 0 saturated carbocycles. The number of carbonyl (C=O) groups excluding carboxylic acids is 2. The first kappa shape index (κ1) is 25.4. The zero-order chi connectivity index (χ0) is 25.7. The number of esters is 1. The van der Waals surface area contributed by atoms with Crippen LogP contribution in [0.25, 0.3) is 11.0 Å². The Labute approximate surface area is 207 Å². The van der Waals surface area contributed by atoms with Crippen molar-refractivity contribution in [3.05, 3.63) is 64.5 Å². The molecule has 1 fully saturated rings. The quantitative estimate of drug-likeness (QED) is 0.359. The zero-order valence-corrected chi connectivity index (χ0v) is 20.5. The Morgan fingerprint density at radius 3 is 2.44 bits per heavy atom. The van der Waals surface area contributed by atoms with Gasteiger partial charge >= 0.3 is 11.6 Å². The summed E-state index contributed by atoms with van der Waals surface area (Å²) in [5.41, 5.74) is 0.982. The summed E-state index contributed by atoms with van der Waals surface area (Å²) in [5, 5.41) is 3.30. The van der Waals surface area contributed by atoms with Crippen molar-refractivity contribution < 1.29 is 31.9 Å². The zero-order valence-electron chi connectivity index (χ0n) is 19.7. The number of aryl methyl sites for hydroxylation is 1. The first-order chi connectivity index (χ1) is 17.2. The van der Waals surface area contributed by atoms with E-state index in [9.17, 15) is 22.8 Å². The van der Waals surface area contributed by atoms with Crippen LogP contribution in [0.15, 0.2) is 62.6 Å². The average molecular weight is 515 g/mol. The molecule has 4 rings (SSSR count). The lowest BCUT2D eigenvalue weighted by molar-refractivity contribution is -0.149. The van der Waals surface area contributed by atoms with Gasteiger partial charge in [0.15, 0.2) is 13.2 Å². The molecule has 36 heavy (non-hydrogen) atoms. The number of benzene rings is 2. The fourth-order valence-electron chi connectivity index (χ4n) is 3.89. The number of hydrogen-bond donors (Lipinski definition) is 1. The minimum Gasteiger partial charge on any atom is -0.482 e. The van der Waals surface area contributed by atoms with E-state index in [0.717, 1.165) is 30.2 Å². The van der Waals surface area contributed by atoms with Crippen LogP contribution in [0.1, 0.15) is 24.8 Å². The summed E-state index contributed by atoms with van der Waals surface area (Å²) >= 11 is 0. The van der Waals surface area contributed by atoms with Gasteiger partial charge in [-0.1, -0.05) is 6.42 Å². The van der Waals surface area contributed by atoms with Gasteiger partial charge in [-0.25, -0.2) is 18.0 Å². The highest BCUT2D eigenvalue weighted by Crippen LogP contribution is 2.23. The number of hydrogen-bond acceptors (Lipinski definition) is 8. The number of fused-ring (bicyclic) bond motifs is 1.